The van der Waals surface area contributed by atoms with Crippen LogP contribution in [0.1, 0.15) is 6.92 Å². The highest BCUT2D eigenvalue weighted by Crippen LogP contribution is 2.12. The lowest BCUT2D eigenvalue weighted by Gasteiger charge is -2.11. The minimum absolute atomic E-state index is 0.0999. The molecule has 2 nitrogen and oxygen atoms in total. The molecule has 56 valence electrons. The van der Waals surface area contributed by atoms with Crippen molar-refractivity contribution in [3.63, 3.8) is 0 Å². The second-order valence-electron chi connectivity index (χ2n) is 1.71. The summed E-state index contributed by atoms with van der Waals surface area (Å²) in [4.78, 5) is 0. The maximum absolute atomic E-state index is 8.56. The number of aliphatic hydroxyl groups excluding tert-OH is 1. The average Bonchev–Trinajstić information content (AvgIpc) is 1.82. The Balaban J connectivity index is 3.16. The van der Waals surface area contributed by atoms with Gasteiger partial charge in [-0.2, -0.15) is 24.4 Å². The van der Waals surface area contributed by atoms with Crippen molar-refractivity contribution in [3.8, 4) is 0 Å². The van der Waals surface area contributed by atoms with Crippen LogP contribution in [-0.2, 0) is 0 Å². The molecule has 0 bridgehead atoms. The van der Waals surface area contributed by atoms with Gasteiger partial charge in [-0.25, -0.2) is 0 Å². The molecule has 0 amide bonds. The minimum Gasteiger partial charge on any atom is -0.367 e. The van der Waals surface area contributed by atoms with Crippen LogP contribution in [0, 0.1) is 0 Å². The number of hydrogen-bond donors (Lipinski definition) is 3. The van der Waals surface area contributed by atoms with E-state index in [-0.39, 0.29) is 5.25 Å². The van der Waals surface area contributed by atoms with Gasteiger partial charge in [-0.15, -0.1) is 0 Å². The normalized spacial score (nSPS) is 14.3. The van der Waals surface area contributed by atoms with E-state index in [0.717, 1.165) is 11.5 Å². The van der Waals surface area contributed by atoms with Crippen LogP contribution < -0.4 is 0 Å². The van der Waals surface area contributed by atoms with Crippen molar-refractivity contribution < 1.29 is 10.2 Å². The van der Waals surface area contributed by atoms with Crippen LogP contribution in [-0.4, -0.2) is 33.3 Å². The van der Waals surface area contributed by atoms with Gasteiger partial charge in [0, 0.05) is 5.75 Å². The smallest absolute Gasteiger partial charge is 0.163 e. The quantitative estimate of drug-likeness (QED) is 0.419. The first kappa shape index (κ1) is 9.62. The highest BCUT2D eigenvalue weighted by Gasteiger charge is 2.08. The van der Waals surface area contributed by atoms with Crippen LogP contribution in [0.15, 0.2) is 0 Å². The zero-order valence-electron chi connectivity index (χ0n) is 5.32. The lowest BCUT2D eigenvalue weighted by molar-refractivity contribution is -0.0366. The Morgan fingerprint density at radius 3 is 2.44 bits per heavy atom. The first-order chi connectivity index (χ1) is 4.18. The van der Waals surface area contributed by atoms with Crippen LogP contribution in [0.2, 0.25) is 0 Å². The fraction of sp³-hybridized carbons (Fsp3) is 1.00. The van der Waals surface area contributed by atoms with Gasteiger partial charge in [-0.3, -0.25) is 0 Å². The molecule has 0 radical (unpaired) electrons. The van der Waals surface area contributed by atoms with Gasteiger partial charge in [0.1, 0.15) is 0 Å². The molecule has 0 aromatic carbocycles. The maximum Gasteiger partial charge on any atom is 0.163 e. The number of hydrogen-bond acceptors (Lipinski definition) is 4. The molecule has 1 atom stereocenters. The second-order valence-corrected chi connectivity index (χ2v) is 3.65. The molecule has 9 heavy (non-hydrogen) atoms. The minimum atomic E-state index is -1.20. The Labute approximate surface area is 65.1 Å². The topological polar surface area (TPSA) is 40.5 Å². The number of thioether (sulfide) groups is 1. The van der Waals surface area contributed by atoms with Crippen molar-refractivity contribution >= 4 is 24.4 Å². The average molecular weight is 168 g/mol. The Morgan fingerprint density at radius 1 is 1.56 bits per heavy atom. The molecule has 0 heterocycles. The third-order valence-electron chi connectivity index (χ3n) is 0.892. The molecular formula is C5H12O2S2. The van der Waals surface area contributed by atoms with Crippen molar-refractivity contribution in [2.45, 2.75) is 18.5 Å². The molecule has 0 fully saturated rings. The summed E-state index contributed by atoms with van der Waals surface area (Å²) < 4.78 is 0. The van der Waals surface area contributed by atoms with E-state index in [1.807, 2.05) is 0 Å². The lowest BCUT2D eigenvalue weighted by Crippen LogP contribution is -2.19. The van der Waals surface area contributed by atoms with Crippen LogP contribution in [0.25, 0.3) is 0 Å². The van der Waals surface area contributed by atoms with Gasteiger partial charge >= 0.3 is 0 Å². The van der Waals surface area contributed by atoms with E-state index in [2.05, 4.69) is 12.6 Å². The number of rotatable bonds is 4. The summed E-state index contributed by atoms with van der Waals surface area (Å²) in [6.45, 7) is 1.78. The summed E-state index contributed by atoms with van der Waals surface area (Å²) in [5.74, 6) is 1.64. The van der Waals surface area contributed by atoms with Crippen molar-refractivity contribution in [2.24, 2.45) is 0 Å². The molecule has 0 aliphatic carbocycles. The van der Waals surface area contributed by atoms with E-state index >= 15 is 0 Å². The molecule has 4 heteroatoms. The third kappa shape index (κ3) is 5.08. The van der Waals surface area contributed by atoms with E-state index in [9.17, 15) is 0 Å². The lowest BCUT2D eigenvalue weighted by atomic mass is 10.5. The van der Waals surface area contributed by atoms with Crippen LogP contribution in [0.4, 0.5) is 0 Å². The Kier molecular flexibility index (Phi) is 5.78. The van der Waals surface area contributed by atoms with Crippen LogP contribution in [0.3, 0.4) is 0 Å². The zero-order chi connectivity index (χ0) is 7.28. The van der Waals surface area contributed by atoms with Gasteiger partial charge in [-0.1, -0.05) is 0 Å². The third-order valence-corrected chi connectivity index (χ3v) is 2.63. The van der Waals surface area contributed by atoms with E-state index in [1.54, 1.807) is 6.92 Å². The van der Waals surface area contributed by atoms with Crippen molar-refractivity contribution in [2.75, 3.05) is 11.5 Å². The zero-order valence-corrected chi connectivity index (χ0v) is 7.03. The summed E-state index contributed by atoms with van der Waals surface area (Å²) in [6, 6.07) is 0. The van der Waals surface area contributed by atoms with Gasteiger partial charge in [0.25, 0.3) is 0 Å². The summed E-state index contributed by atoms with van der Waals surface area (Å²) in [7, 11) is 0. The Hall–Kier alpha value is 0.620. The van der Waals surface area contributed by atoms with Gasteiger partial charge in [0.05, 0.1) is 5.25 Å². The Morgan fingerprint density at radius 2 is 2.11 bits per heavy atom. The molecule has 0 aliphatic rings. The molecule has 0 saturated carbocycles. The van der Waals surface area contributed by atoms with E-state index in [4.69, 9.17) is 10.2 Å². The monoisotopic (exact) mass is 168 g/mol. The summed E-state index contributed by atoms with van der Waals surface area (Å²) in [5, 5.41) is 17.0. The summed E-state index contributed by atoms with van der Waals surface area (Å²) in [5.41, 5.74) is 0. The molecule has 0 spiro atoms. The van der Waals surface area contributed by atoms with Crippen LogP contribution in [0.5, 0.6) is 0 Å². The number of aliphatic hydroxyl groups is 2. The molecule has 1 unspecified atom stereocenters. The first-order valence-electron chi connectivity index (χ1n) is 2.77. The molecule has 0 aromatic heterocycles. The maximum atomic E-state index is 8.56. The summed E-state index contributed by atoms with van der Waals surface area (Å²) in [6.07, 6.45) is -1.20. The number of thiol groups is 1. The molecule has 0 rings (SSSR count). The van der Waals surface area contributed by atoms with Gasteiger partial charge < -0.3 is 10.2 Å². The van der Waals surface area contributed by atoms with Gasteiger partial charge in [0.15, 0.2) is 6.29 Å². The fourth-order valence-electron chi connectivity index (χ4n) is 0.325. The largest absolute Gasteiger partial charge is 0.367 e. The highest BCUT2D eigenvalue weighted by atomic mass is 32.2. The van der Waals surface area contributed by atoms with E-state index < -0.39 is 6.29 Å². The predicted octanol–water partition coefficient (Wildman–Crippen LogP) is 0.349. The SMILES string of the molecule is CC(SCCS)C(O)O. The molecular weight excluding hydrogens is 156 g/mol. The standard InChI is InChI=1S/C5H12O2S2/c1-4(5(6)7)9-3-2-8/h4-8H,2-3H2,1H3. The second kappa shape index (κ2) is 5.41. The molecule has 0 aliphatic heterocycles. The fourth-order valence-corrected chi connectivity index (χ4v) is 1.29. The van der Waals surface area contributed by atoms with Gasteiger partial charge in [-0.05, 0) is 12.7 Å². The summed E-state index contributed by atoms with van der Waals surface area (Å²) >= 11 is 5.49. The first-order valence-corrected chi connectivity index (χ1v) is 4.45. The van der Waals surface area contributed by atoms with Crippen molar-refractivity contribution in [1.29, 1.82) is 0 Å². The predicted molar refractivity (Wildman–Crippen MR) is 44.0 cm³/mol. The van der Waals surface area contributed by atoms with E-state index in [1.165, 1.54) is 11.8 Å². The van der Waals surface area contributed by atoms with Crippen LogP contribution >= 0.6 is 24.4 Å². The van der Waals surface area contributed by atoms with Crippen molar-refractivity contribution in [3.05, 3.63) is 0 Å². The van der Waals surface area contributed by atoms with E-state index in [0.29, 0.717) is 0 Å². The molecule has 2 N–H and O–H groups in total. The van der Waals surface area contributed by atoms with Gasteiger partial charge in [0.2, 0.25) is 0 Å². The molecule has 0 aromatic rings. The Bertz CT molecular complexity index is 68.0. The molecule has 0 saturated heterocycles. The highest BCUT2D eigenvalue weighted by molar-refractivity contribution is 8.00. The van der Waals surface area contributed by atoms with Crippen molar-refractivity contribution in [1.82, 2.24) is 0 Å².